The average molecular weight is 418 g/mol. The number of aryl methyl sites for hydroxylation is 2. The number of thiocarbonyl (C=S) groups is 1. The third-order valence-corrected chi connectivity index (χ3v) is 5.27. The van der Waals surface area contributed by atoms with Crippen LogP contribution in [0.1, 0.15) is 12.5 Å². The molecule has 0 aliphatic heterocycles. The number of aromatic hydroxyl groups is 1. The number of rotatable bonds is 4. The number of azo groups is 1. The first-order valence-electron chi connectivity index (χ1n) is 8.38. The van der Waals surface area contributed by atoms with Crippen molar-refractivity contribution in [2.75, 3.05) is 5.32 Å². The van der Waals surface area contributed by atoms with E-state index in [1.807, 2.05) is 32.0 Å². The Morgan fingerprint density at radius 3 is 2.54 bits per heavy atom. The molecule has 0 atom stereocenters. The second kappa shape index (κ2) is 7.66. The van der Waals surface area contributed by atoms with E-state index >= 15 is 0 Å². The fraction of sp³-hybridized carbons (Fsp3) is 0.167. The predicted octanol–water partition coefficient (Wildman–Crippen LogP) is 3.80. The lowest BCUT2D eigenvalue weighted by Crippen LogP contribution is -2.12. The summed E-state index contributed by atoms with van der Waals surface area (Å²) in [6.45, 7) is 4.47. The van der Waals surface area contributed by atoms with Crippen LogP contribution in [0.25, 0.3) is 10.9 Å². The van der Waals surface area contributed by atoms with Crippen molar-refractivity contribution in [1.29, 1.82) is 0 Å². The summed E-state index contributed by atoms with van der Waals surface area (Å²) in [7, 11) is -3.76. The second-order valence-electron chi connectivity index (χ2n) is 6.14. The third kappa shape index (κ3) is 4.03. The number of aromatic nitrogens is 1. The highest BCUT2D eigenvalue weighted by Crippen LogP contribution is 2.39. The maximum Gasteiger partial charge on any atom is 0.238 e. The van der Waals surface area contributed by atoms with Crippen molar-refractivity contribution < 1.29 is 13.5 Å². The van der Waals surface area contributed by atoms with Gasteiger partial charge in [0.2, 0.25) is 21.0 Å². The van der Waals surface area contributed by atoms with Gasteiger partial charge in [-0.05, 0) is 62.5 Å². The van der Waals surface area contributed by atoms with Crippen LogP contribution in [0.5, 0.6) is 5.88 Å². The Balaban J connectivity index is 1.85. The highest BCUT2D eigenvalue weighted by molar-refractivity contribution is 7.89. The number of sulfonamides is 1. The average Bonchev–Trinajstić information content (AvgIpc) is 2.89. The molecule has 0 spiro atoms. The van der Waals surface area contributed by atoms with Crippen molar-refractivity contribution in [2.45, 2.75) is 25.3 Å². The second-order valence-corrected chi connectivity index (χ2v) is 8.08. The lowest BCUT2D eigenvalue weighted by Gasteiger charge is -2.04. The number of fused-ring (bicyclic) bond motifs is 1. The Morgan fingerprint density at radius 2 is 1.93 bits per heavy atom. The molecule has 0 unspecified atom stereocenters. The number of hydrogen-bond acceptors (Lipinski definition) is 5. The van der Waals surface area contributed by atoms with E-state index in [9.17, 15) is 13.5 Å². The third-order valence-electron chi connectivity index (χ3n) is 4.16. The van der Waals surface area contributed by atoms with Gasteiger partial charge in [-0.15, -0.1) is 10.2 Å². The molecule has 1 aromatic heterocycles. The molecule has 8 nitrogen and oxygen atoms in total. The molecule has 0 amide bonds. The number of benzene rings is 2. The maximum atomic E-state index is 11.3. The Morgan fingerprint density at radius 1 is 1.25 bits per heavy atom. The van der Waals surface area contributed by atoms with Gasteiger partial charge in [-0.25, -0.2) is 13.6 Å². The zero-order valence-electron chi connectivity index (χ0n) is 15.2. The van der Waals surface area contributed by atoms with Crippen LogP contribution in [0.15, 0.2) is 57.6 Å². The lowest BCUT2D eigenvalue weighted by molar-refractivity contribution is 0.427. The van der Waals surface area contributed by atoms with Gasteiger partial charge in [-0.1, -0.05) is 11.6 Å². The van der Waals surface area contributed by atoms with E-state index in [1.54, 1.807) is 4.57 Å². The van der Waals surface area contributed by atoms with Crippen molar-refractivity contribution in [3.05, 3.63) is 48.0 Å². The van der Waals surface area contributed by atoms with Crippen LogP contribution in [-0.4, -0.2) is 23.2 Å². The van der Waals surface area contributed by atoms with Gasteiger partial charge < -0.3 is 15.0 Å². The molecule has 146 valence electrons. The molecular formula is C18H19N5O3S2. The Bertz CT molecular complexity index is 1180. The van der Waals surface area contributed by atoms with Gasteiger partial charge >= 0.3 is 0 Å². The number of nitrogens with one attached hydrogen (secondary N) is 1. The van der Waals surface area contributed by atoms with Gasteiger partial charge in [0.25, 0.3) is 0 Å². The Kier molecular flexibility index (Phi) is 5.45. The molecule has 0 aliphatic rings. The van der Waals surface area contributed by atoms with Crippen LogP contribution in [0.4, 0.5) is 11.4 Å². The molecular weight excluding hydrogens is 398 g/mol. The number of nitrogens with two attached hydrogens (primary N) is 1. The van der Waals surface area contributed by atoms with Gasteiger partial charge in [0.15, 0.2) is 5.69 Å². The van der Waals surface area contributed by atoms with Gasteiger partial charge in [-0.2, -0.15) is 0 Å². The first-order valence-corrected chi connectivity index (χ1v) is 10.3. The topological polar surface area (TPSA) is 122 Å². The molecule has 0 saturated heterocycles. The fourth-order valence-electron chi connectivity index (χ4n) is 2.83. The molecule has 0 aliphatic carbocycles. The zero-order chi connectivity index (χ0) is 20.5. The summed E-state index contributed by atoms with van der Waals surface area (Å²) >= 11 is 5.17. The number of hydrogen-bond donors (Lipinski definition) is 3. The summed E-state index contributed by atoms with van der Waals surface area (Å²) in [5.74, 6) is 0.0205. The number of primary sulfonamides is 1. The molecule has 0 saturated carbocycles. The minimum atomic E-state index is -3.76. The van der Waals surface area contributed by atoms with Gasteiger partial charge in [0.05, 0.1) is 10.4 Å². The quantitative estimate of drug-likeness (QED) is 0.440. The van der Waals surface area contributed by atoms with E-state index in [4.69, 9.17) is 17.4 Å². The van der Waals surface area contributed by atoms with Crippen LogP contribution >= 0.6 is 12.2 Å². The maximum absolute atomic E-state index is 11.3. The van der Waals surface area contributed by atoms with E-state index in [0.717, 1.165) is 16.5 Å². The molecule has 3 rings (SSSR count). The summed E-state index contributed by atoms with van der Waals surface area (Å²) in [4.78, 5) is -0.00161. The summed E-state index contributed by atoms with van der Waals surface area (Å²) in [5.41, 5.74) is 2.77. The molecule has 0 bridgehead atoms. The standard InChI is InChI=1S/C18H19N5O3S2/c1-3-23-15-9-4-11(2)10-14(15)16(17(23)24)21-22-18(27)20-12-5-7-13(8-6-12)28(19,25)26/h4-10,24H,3H2,1-2H3,(H,20,27)(H2,19,25,26). The van der Waals surface area contributed by atoms with Crippen molar-refractivity contribution in [1.82, 2.24) is 4.57 Å². The van der Waals surface area contributed by atoms with E-state index in [0.29, 0.717) is 17.9 Å². The molecule has 2 aromatic carbocycles. The molecule has 28 heavy (non-hydrogen) atoms. The van der Waals surface area contributed by atoms with Crippen LogP contribution in [0.3, 0.4) is 0 Å². The molecule has 10 heteroatoms. The van der Waals surface area contributed by atoms with Crippen molar-refractivity contribution in [2.24, 2.45) is 15.4 Å². The van der Waals surface area contributed by atoms with Crippen molar-refractivity contribution >= 4 is 49.6 Å². The van der Waals surface area contributed by atoms with Gasteiger partial charge in [0, 0.05) is 17.6 Å². The van der Waals surface area contributed by atoms with Crippen molar-refractivity contribution in [3.63, 3.8) is 0 Å². The molecule has 0 fully saturated rings. The SMILES string of the molecule is CCn1c(O)c(N=NC(=S)Nc2ccc(S(N)(=O)=O)cc2)c2cc(C)ccc21. The minimum Gasteiger partial charge on any atom is -0.493 e. The summed E-state index contributed by atoms with van der Waals surface area (Å²) in [6.07, 6.45) is 0. The Labute approximate surface area is 167 Å². The zero-order valence-corrected chi connectivity index (χ0v) is 16.9. The van der Waals surface area contributed by atoms with Gasteiger partial charge in [0.1, 0.15) is 0 Å². The van der Waals surface area contributed by atoms with Crippen LogP contribution in [0, 0.1) is 6.92 Å². The highest BCUT2D eigenvalue weighted by atomic mass is 32.2. The molecule has 3 aromatic rings. The first-order chi connectivity index (χ1) is 13.2. The molecule has 0 radical (unpaired) electrons. The monoisotopic (exact) mass is 417 g/mol. The highest BCUT2D eigenvalue weighted by Gasteiger charge is 2.16. The Hall–Kier alpha value is -2.82. The normalized spacial score (nSPS) is 12.0. The van der Waals surface area contributed by atoms with E-state index in [-0.39, 0.29) is 15.9 Å². The first kappa shape index (κ1) is 19.9. The molecule has 4 N–H and O–H groups in total. The summed E-state index contributed by atoms with van der Waals surface area (Å²) < 4.78 is 24.3. The lowest BCUT2D eigenvalue weighted by atomic mass is 10.1. The van der Waals surface area contributed by atoms with E-state index in [2.05, 4.69) is 15.5 Å². The number of anilines is 1. The summed E-state index contributed by atoms with van der Waals surface area (Å²) in [5, 5.41) is 27.4. The van der Waals surface area contributed by atoms with E-state index in [1.165, 1.54) is 24.3 Å². The number of nitrogens with zero attached hydrogens (tertiary/aromatic N) is 3. The van der Waals surface area contributed by atoms with Crippen LogP contribution in [-0.2, 0) is 16.6 Å². The van der Waals surface area contributed by atoms with Crippen molar-refractivity contribution in [3.8, 4) is 5.88 Å². The molecule has 1 heterocycles. The minimum absolute atomic E-state index is 0.00161. The largest absolute Gasteiger partial charge is 0.493 e. The summed E-state index contributed by atoms with van der Waals surface area (Å²) in [6, 6.07) is 11.6. The smallest absolute Gasteiger partial charge is 0.238 e. The van der Waals surface area contributed by atoms with Gasteiger partial charge in [-0.3, -0.25) is 0 Å². The predicted molar refractivity (Wildman–Crippen MR) is 113 cm³/mol. The fourth-order valence-corrected chi connectivity index (χ4v) is 3.50. The van der Waals surface area contributed by atoms with Crippen LogP contribution in [0.2, 0.25) is 0 Å². The van der Waals surface area contributed by atoms with E-state index < -0.39 is 10.0 Å². The van der Waals surface area contributed by atoms with Crippen LogP contribution < -0.4 is 10.5 Å².